The maximum absolute atomic E-state index is 11.2. The Labute approximate surface area is 69.9 Å². The molecule has 4 heteroatoms. The Morgan fingerprint density at radius 1 is 1.42 bits per heavy atom. The Bertz CT molecular complexity index is 276. The molecular formula is C8H10N2O2. The highest BCUT2D eigenvalue weighted by Gasteiger charge is 2.56. The van der Waals surface area contributed by atoms with Gasteiger partial charge in [0.05, 0.1) is 5.92 Å². The van der Waals surface area contributed by atoms with E-state index in [0.717, 1.165) is 19.4 Å². The number of carbonyl (C=O) groups excluding carboxylic acids is 2. The molecule has 64 valence electrons. The summed E-state index contributed by atoms with van der Waals surface area (Å²) in [7, 11) is 0. The van der Waals surface area contributed by atoms with Crippen LogP contribution in [0.25, 0.3) is 0 Å². The molecule has 2 saturated heterocycles. The van der Waals surface area contributed by atoms with Gasteiger partial charge in [-0.25, -0.2) is 4.79 Å². The standard InChI is InChI=1S/C8H10N2O2/c11-7-5-3-4-1-2-10(6(4)5)8(12)9-7/h4-6H,1-3H2,(H,9,11,12). The molecule has 4 nitrogen and oxygen atoms in total. The summed E-state index contributed by atoms with van der Waals surface area (Å²) >= 11 is 0. The van der Waals surface area contributed by atoms with Gasteiger partial charge in [0.15, 0.2) is 0 Å². The minimum Gasteiger partial charge on any atom is -0.320 e. The molecule has 3 amide bonds. The van der Waals surface area contributed by atoms with Gasteiger partial charge < -0.3 is 4.90 Å². The molecule has 3 unspecified atom stereocenters. The smallest absolute Gasteiger partial charge is 0.320 e. The minimum atomic E-state index is -0.177. The monoisotopic (exact) mass is 166 g/mol. The van der Waals surface area contributed by atoms with Crippen molar-refractivity contribution >= 4 is 11.9 Å². The summed E-state index contributed by atoms with van der Waals surface area (Å²) < 4.78 is 0. The summed E-state index contributed by atoms with van der Waals surface area (Å²) in [5.74, 6) is 0.666. The summed E-state index contributed by atoms with van der Waals surface area (Å²) in [6, 6.07) is 0.0784. The third kappa shape index (κ3) is 0.552. The van der Waals surface area contributed by atoms with Gasteiger partial charge in [-0.2, -0.15) is 0 Å². The molecule has 0 bridgehead atoms. The number of nitrogens with zero attached hydrogens (tertiary/aromatic N) is 1. The summed E-state index contributed by atoms with van der Waals surface area (Å²) in [5, 5.41) is 2.39. The number of urea groups is 1. The van der Waals surface area contributed by atoms with Crippen LogP contribution in [0.1, 0.15) is 12.8 Å². The van der Waals surface area contributed by atoms with Gasteiger partial charge in [-0.05, 0) is 18.8 Å². The number of hydrogen-bond donors (Lipinski definition) is 1. The maximum atomic E-state index is 11.2. The van der Waals surface area contributed by atoms with Crippen molar-refractivity contribution in [1.29, 1.82) is 0 Å². The molecule has 0 radical (unpaired) electrons. The lowest BCUT2D eigenvalue weighted by Crippen LogP contribution is -2.63. The molecule has 2 aliphatic heterocycles. The Kier molecular flexibility index (Phi) is 0.975. The van der Waals surface area contributed by atoms with Crippen molar-refractivity contribution in [2.75, 3.05) is 6.54 Å². The molecule has 0 aromatic rings. The molecule has 12 heavy (non-hydrogen) atoms. The molecule has 3 aliphatic rings. The highest BCUT2D eigenvalue weighted by Crippen LogP contribution is 2.46. The van der Waals surface area contributed by atoms with Crippen LogP contribution in [0.4, 0.5) is 4.79 Å². The molecule has 2 heterocycles. The SMILES string of the molecule is O=C1NC(=O)N2CCC3CC1C32. The van der Waals surface area contributed by atoms with Crippen LogP contribution in [-0.4, -0.2) is 29.4 Å². The average Bonchev–Trinajstić information content (AvgIpc) is 2.28. The van der Waals surface area contributed by atoms with E-state index in [1.54, 1.807) is 0 Å². The molecule has 1 N–H and O–H groups in total. The Hall–Kier alpha value is -1.06. The number of carbonyl (C=O) groups is 2. The molecular weight excluding hydrogens is 156 g/mol. The Morgan fingerprint density at radius 3 is 3.08 bits per heavy atom. The van der Waals surface area contributed by atoms with E-state index < -0.39 is 0 Å². The van der Waals surface area contributed by atoms with E-state index in [4.69, 9.17) is 0 Å². The van der Waals surface area contributed by atoms with Gasteiger partial charge in [-0.3, -0.25) is 10.1 Å². The van der Waals surface area contributed by atoms with E-state index in [1.807, 2.05) is 4.90 Å². The van der Waals surface area contributed by atoms with Crippen molar-refractivity contribution in [3.8, 4) is 0 Å². The third-order valence-corrected chi connectivity index (χ3v) is 3.38. The van der Waals surface area contributed by atoms with Crippen molar-refractivity contribution < 1.29 is 9.59 Å². The van der Waals surface area contributed by atoms with Crippen molar-refractivity contribution in [3.63, 3.8) is 0 Å². The normalized spacial score (nSPS) is 43.7. The van der Waals surface area contributed by atoms with E-state index in [1.165, 1.54) is 0 Å². The second kappa shape index (κ2) is 1.81. The lowest BCUT2D eigenvalue weighted by atomic mass is 9.69. The fraction of sp³-hybridized carbons (Fsp3) is 0.750. The van der Waals surface area contributed by atoms with Crippen LogP contribution >= 0.6 is 0 Å². The molecule has 0 aromatic carbocycles. The highest BCUT2D eigenvalue weighted by atomic mass is 16.2. The van der Waals surface area contributed by atoms with Gasteiger partial charge >= 0.3 is 6.03 Å². The number of rotatable bonds is 0. The molecule has 3 fully saturated rings. The topological polar surface area (TPSA) is 49.4 Å². The first-order chi connectivity index (χ1) is 5.77. The van der Waals surface area contributed by atoms with Gasteiger partial charge in [-0.1, -0.05) is 0 Å². The van der Waals surface area contributed by atoms with E-state index in [2.05, 4.69) is 5.32 Å². The number of nitrogens with one attached hydrogen (secondary N) is 1. The second-order valence-corrected chi connectivity index (χ2v) is 3.87. The molecule has 3 atom stereocenters. The van der Waals surface area contributed by atoms with Crippen LogP contribution < -0.4 is 5.32 Å². The molecule has 0 aromatic heterocycles. The fourth-order valence-corrected chi connectivity index (χ4v) is 2.72. The first-order valence-electron chi connectivity index (χ1n) is 4.39. The highest BCUT2D eigenvalue weighted by molar-refractivity contribution is 5.99. The maximum Gasteiger partial charge on any atom is 0.324 e. The first-order valence-corrected chi connectivity index (χ1v) is 4.39. The largest absolute Gasteiger partial charge is 0.324 e. The van der Waals surface area contributed by atoms with Gasteiger partial charge in [0, 0.05) is 12.6 Å². The Morgan fingerprint density at radius 2 is 2.25 bits per heavy atom. The predicted molar refractivity (Wildman–Crippen MR) is 40.2 cm³/mol. The molecule has 0 spiro atoms. The van der Waals surface area contributed by atoms with E-state index in [9.17, 15) is 9.59 Å². The fourth-order valence-electron chi connectivity index (χ4n) is 2.72. The van der Waals surface area contributed by atoms with Crippen LogP contribution in [0.5, 0.6) is 0 Å². The van der Waals surface area contributed by atoms with Crippen LogP contribution in [-0.2, 0) is 4.79 Å². The molecule has 3 rings (SSSR count). The van der Waals surface area contributed by atoms with E-state index in [-0.39, 0.29) is 23.9 Å². The quantitative estimate of drug-likeness (QED) is 0.548. The zero-order valence-electron chi connectivity index (χ0n) is 6.62. The lowest BCUT2D eigenvalue weighted by molar-refractivity contribution is -0.133. The van der Waals surface area contributed by atoms with E-state index >= 15 is 0 Å². The zero-order chi connectivity index (χ0) is 8.29. The molecule has 1 aliphatic carbocycles. The summed E-state index contributed by atoms with van der Waals surface area (Å²) in [6.07, 6.45) is 2.07. The second-order valence-electron chi connectivity index (χ2n) is 3.87. The zero-order valence-corrected chi connectivity index (χ0v) is 6.62. The summed E-state index contributed by atoms with van der Waals surface area (Å²) in [6.45, 7) is 0.838. The molecule has 1 saturated carbocycles. The van der Waals surface area contributed by atoms with Crippen LogP contribution in [0.2, 0.25) is 0 Å². The van der Waals surface area contributed by atoms with Crippen LogP contribution in [0, 0.1) is 11.8 Å². The number of imide groups is 1. The lowest BCUT2D eigenvalue weighted by Gasteiger charge is -2.46. The van der Waals surface area contributed by atoms with Gasteiger partial charge in [0.1, 0.15) is 0 Å². The van der Waals surface area contributed by atoms with Crippen molar-refractivity contribution in [3.05, 3.63) is 0 Å². The van der Waals surface area contributed by atoms with Gasteiger partial charge in [0.25, 0.3) is 0 Å². The summed E-state index contributed by atoms with van der Waals surface area (Å²) in [4.78, 5) is 24.3. The van der Waals surface area contributed by atoms with Crippen molar-refractivity contribution in [1.82, 2.24) is 10.2 Å². The summed E-state index contributed by atoms with van der Waals surface area (Å²) in [5.41, 5.74) is 0. The predicted octanol–water partition coefficient (Wildman–Crippen LogP) is -0.0534. The third-order valence-electron chi connectivity index (χ3n) is 3.38. The van der Waals surface area contributed by atoms with Gasteiger partial charge in [-0.15, -0.1) is 0 Å². The first kappa shape index (κ1) is 6.46. The van der Waals surface area contributed by atoms with Crippen molar-refractivity contribution in [2.45, 2.75) is 18.9 Å². The average molecular weight is 166 g/mol. The van der Waals surface area contributed by atoms with E-state index in [0.29, 0.717) is 5.92 Å². The number of amides is 3. The van der Waals surface area contributed by atoms with Gasteiger partial charge in [0.2, 0.25) is 5.91 Å². The Balaban J connectivity index is 1.96. The van der Waals surface area contributed by atoms with Crippen LogP contribution in [0.3, 0.4) is 0 Å². The minimum absolute atomic E-state index is 0.0561. The van der Waals surface area contributed by atoms with Crippen molar-refractivity contribution in [2.24, 2.45) is 11.8 Å². The number of hydrogen-bond acceptors (Lipinski definition) is 2. The van der Waals surface area contributed by atoms with Crippen LogP contribution in [0.15, 0.2) is 0 Å².